The monoisotopic (exact) mass is 380 g/mol. The number of amides is 1. The standard InChI is InChI=1S/C19H28N2O4S/c1-4-5-8-20-9-10-21(17-13-26(23,24)12-16(17)20)19(22)15-11-14(2)6-7-18(15)25-3/h6-7,11,16-17H,4-5,8-10,12-13H2,1-3H3/t16-,17+/m1/s1. The first-order valence-electron chi connectivity index (χ1n) is 9.26. The van der Waals surface area contributed by atoms with Crippen molar-refractivity contribution < 1.29 is 17.9 Å². The van der Waals surface area contributed by atoms with Crippen LogP contribution in [0.2, 0.25) is 0 Å². The van der Waals surface area contributed by atoms with Crippen molar-refractivity contribution in [2.45, 2.75) is 38.8 Å². The second kappa shape index (κ2) is 7.56. The van der Waals surface area contributed by atoms with Gasteiger partial charge in [0.2, 0.25) is 0 Å². The first-order valence-corrected chi connectivity index (χ1v) is 11.1. The average Bonchev–Trinajstić information content (AvgIpc) is 2.94. The molecule has 0 aliphatic carbocycles. The summed E-state index contributed by atoms with van der Waals surface area (Å²) in [5.41, 5.74) is 1.49. The predicted octanol–water partition coefficient (Wildman–Crippen LogP) is 1.73. The van der Waals surface area contributed by atoms with Gasteiger partial charge in [-0.3, -0.25) is 9.69 Å². The number of carbonyl (C=O) groups excluding carboxylic acids is 1. The van der Waals surface area contributed by atoms with E-state index < -0.39 is 9.84 Å². The number of unbranched alkanes of at least 4 members (excludes halogenated alkanes) is 1. The third-order valence-electron chi connectivity index (χ3n) is 5.44. The lowest BCUT2D eigenvalue weighted by molar-refractivity contribution is 0.0326. The van der Waals surface area contributed by atoms with Gasteiger partial charge in [0.1, 0.15) is 5.75 Å². The second-order valence-electron chi connectivity index (χ2n) is 7.30. The zero-order valence-corrected chi connectivity index (χ0v) is 16.6. The Bertz CT molecular complexity index is 778. The molecule has 0 spiro atoms. The molecule has 2 fully saturated rings. The molecule has 0 saturated carbocycles. The van der Waals surface area contributed by atoms with Gasteiger partial charge in [-0.1, -0.05) is 25.0 Å². The summed E-state index contributed by atoms with van der Waals surface area (Å²) in [5.74, 6) is 0.607. The zero-order chi connectivity index (χ0) is 18.9. The van der Waals surface area contributed by atoms with E-state index in [9.17, 15) is 13.2 Å². The highest BCUT2D eigenvalue weighted by atomic mass is 32.2. The quantitative estimate of drug-likeness (QED) is 0.778. The van der Waals surface area contributed by atoms with E-state index >= 15 is 0 Å². The molecule has 2 aliphatic heterocycles. The lowest BCUT2D eigenvalue weighted by Gasteiger charge is -2.44. The molecule has 144 valence electrons. The number of ether oxygens (including phenoxy) is 1. The number of rotatable bonds is 5. The van der Waals surface area contributed by atoms with E-state index in [1.165, 1.54) is 0 Å². The highest BCUT2D eigenvalue weighted by Crippen LogP contribution is 2.30. The van der Waals surface area contributed by atoms with Gasteiger partial charge in [0.15, 0.2) is 9.84 Å². The number of fused-ring (bicyclic) bond motifs is 1. The molecule has 0 unspecified atom stereocenters. The number of sulfone groups is 1. The maximum absolute atomic E-state index is 13.2. The number of piperazine rings is 1. The van der Waals surface area contributed by atoms with Gasteiger partial charge in [0.25, 0.3) is 5.91 Å². The summed E-state index contributed by atoms with van der Waals surface area (Å²) in [4.78, 5) is 17.3. The third kappa shape index (κ3) is 3.74. The van der Waals surface area contributed by atoms with Crippen LogP contribution in [0.15, 0.2) is 18.2 Å². The van der Waals surface area contributed by atoms with Crippen molar-refractivity contribution in [1.29, 1.82) is 0 Å². The molecule has 3 rings (SSSR count). The Balaban J connectivity index is 1.89. The van der Waals surface area contributed by atoms with Crippen LogP contribution in [-0.4, -0.2) is 74.5 Å². The van der Waals surface area contributed by atoms with Crippen molar-refractivity contribution in [3.8, 4) is 5.75 Å². The minimum absolute atomic E-state index is 0.0557. The molecule has 0 N–H and O–H groups in total. The van der Waals surface area contributed by atoms with E-state index in [-0.39, 0.29) is 29.5 Å². The molecule has 6 nitrogen and oxygen atoms in total. The van der Waals surface area contributed by atoms with Crippen LogP contribution in [0.25, 0.3) is 0 Å². The van der Waals surface area contributed by atoms with Crippen LogP contribution in [0.5, 0.6) is 5.75 Å². The average molecular weight is 381 g/mol. The molecule has 2 saturated heterocycles. The molecule has 26 heavy (non-hydrogen) atoms. The van der Waals surface area contributed by atoms with Gasteiger partial charge in [0, 0.05) is 19.1 Å². The highest BCUT2D eigenvalue weighted by Gasteiger charge is 2.48. The molecule has 0 radical (unpaired) electrons. The summed E-state index contributed by atoms with van der Waals surface area (Å²) in [6, 6.07) is 5.15. The summed E-state index contributed by atoms with van der Waals surface area (Å²) in [5, 5.41) is 0. The smallest absolute Gasteiger partial charge is 0.258 e. The molecule has 0 aromatic heterocycles. The molecule has 2 heterocycles. The Hall–Kier alpha value is -1.60. The second-order valence-corrected chi connectivity index (χ2v) is 9.46. The molecular formula is C19H28N2O4S. The van der Waals surface area contributed by atoms with Crippen molar-refractivity contribution >= 4 is 15.7 Å². The minimum Gasteiger partial charge on any atom is -0.496 e. The Kier molecular flexibility index (Phi) is 5.58. The van der Waals surface area contributed by atoms with Crippen LogP contribution < -0.4 is 4.74 Å². The number of benzene rings is 1. The summed E-state index contributed by atoms with van der Waals surface area (Å²) >= 11 is 0. The summed E-state index contributed by atoms with van der Waals surface area (Å²) in [6.07, 6.45) is 2.12. The van der Waals surface area contributed by atoms with Gasteiger partial charge in [-0.25, -0.2) is 8.42 Å². The van der Waals surface area contributed by atoms with E-state index in [0.717, 1.165) is 31.5 Å². The number of carbonyl (C=O) groups is 1. The summed E-state index contributed by atoms with van der Waals surface area (Å²) in [7, 11) is -1.58. The van der Waals surface area contributed by atoms with Gasteiger partial charge in [-0.15, -0.1) is 0 Å². The van der Waals surface area contributed by atoms with Crippen LogP contribution in [0.3, 0.4) is 0 Å². The lowest BCUT2D eigenvalue weighted by atomic mass is 10.0. The van der Waals surface area contributed by atoms with Crippen LogP contribution in [0, 0.1) is 6.92 Å². The molecule has 2 aliphatic rings. The fourth-order valence-corrected chi connectivity index (χ4v) is 6.07. The first kappa shape index (κ1) is 19.2. The SMILES string of the molecule is CCCCN1CCN(C(=O)c2cc(C)ccc2OC)[C@H]2CS(=O)(=O)C[C@H]21. The Labute approximate surface area is 156 Å². The summed E-state index contributed by atoms with van der Waals surface area (Å²) < 4.78 is 30.0. The van der Waals surface area contributed by atoms with E-state index in [2.05, 4.69) is 11.8 Å². The normalized spacial score (nSPS) is 25.1. The Morgan fingerprint density at radius 3 is 2.65 bits per heavy atom. The predicted molar refractivity (Wildman–Crippen MR) is 101 cm³/mol. The summed E-state index contributed by atoms with van der Waals surface area (Å²) in [6.45, 7) is 6.23. The molecule has 2 atom stereocenters. The van der Waals surface area contributed by atoms with Gasteiger partial charge in [-0.2, -0.15) is 0 Å². The van der Waals surface area contributed by atoms with Gasteiger partial charge >= 0.3 is 0 Å². The van der Waals surface area contributed by atoms with Crippen LogP contribution in [0.4, 0.5) is 0 Å². The van der Waals surface area contributed by atoms with Crippen LogP contribution in [-0.2, 0) is 9.84 Å². The topological polar surface area (TPSA) is 66.9 Å². The Morgan fingerprint density at radius 1 is 1.23 bits per heavy atom. The fourth-order valence-electron chi connectivity index (χ4n) is 4.06. The Morgan fingerprint density at radius 2 is 1.96 bits per heavy atom. The van der Waals surface area contributed by atoms with Crippen molar-refractivity contribution in [1.82, 2.24) is 9.80 Å². The largest absolute Gasteiger partial charge is 0.496 e. The number of hydrogen-bond acceptors (Lipinski definition) is 5. The van der Waals surface area contributed by atoms with Crippen LogP contribution in [0.1, 0.15) is 35.7 Å². The third-order valence-corrected chi connectivity index (χ3v) is 7.13. The van der Waals surface area contributed by atoms with Crippen molar-refractivity contribution in [2.75, 3.05) is 38.2 Å². The number of nitrogens with zero attached hydrogens (tertiary/aromatic N) is 2. The van der Waals surface area contributed by atoms with Crippen molar-refractivity contribution in [3.63, 3.8) is 0 Å². The van der Waals surface area contributed by atoms with E-state index in [4.69, 9.17) is 4.74 Å². The van der Waals surface area contributed by atoms with Crippen molar-refractivity contribution in [3.05, 3.63) is 29.3 Å². The fraction of sp³-hybridized carbons (Fsp3) is 0.632. The minimum atomic E-state index is -3.13. The number of hydrogen-bond donors (Lipinski definition) is 0. The molecule has 1 aromatic carbocycles. The van der Waals surface area contributed by atoms with E-state index in [1.54, 1.807) is 18.1 Å². The first-order chi connectivity index (χ1) is 12.4. The van der Waals surface area contributed by atoms with Gasteiger partial charge in [-0.05, 0) is 32.0 Å². The maximum atomic E-state index is 13.2. The highest BCUT2D eigenvalue weighted by molar-refractivity contribution is 7.91. The van der Waals surface area contributed by atoms with E-state index in [1.807, 2.05) is 19.1 Å². The molecule has 7 heteroatoms. The van der Waals surface area contributed by atoms with Crippen LogP contribution >= 0.6 is 0 Å². The van der Waals surface area contributed by atoms with E-state index in [0.29, 0.717) is 17.9 Å². The maximum Gasteiger partial charge on any atom is 0.258 e. The molecule has 0 bridgehead atoms. The lowest BCUT2D eigenvalue weighted by Crippen LogP contribution is -2.60. The molecule has 1 aromatic rings. The van der Waals surface area contributed by atoms with Gasteiger partial charge < -0.3 is 9.64 Å². The molecule has 1 amide bonds. The number of aryl methyl sites for hydroxylation is 1. The zero-order valence-electron chi connectivity index (χ0n) is 15.8. The molecular weight excluding hydrogens is 352 g/mol. The van der Waals surface area contributed by atoms with Crippen molar-refractivity contribution in [2.24, 2.45) is 0 Å². The van der Waals surface area contributed by atoms with Gasteiger partial charge in [0.05, 0.1) is 30.2 Å². The number of methoxy groups -OCH3 is 1.